The Bertz CT molecular complexity index is 605. The summed E-state index contributed by atoms with van der Waals surface area (Å²) >= 11 is 0. The first-order valence-corrected chi connectivity index (χ1v) is 5.61. The van der Waals surface area contributed by atoms with E-state index in [1.165, 1.54) is 6.92 Å². The van der Waals surface area contributed by atoms with Crippen LogP contribution in [0.1, 0.15) is 12.6 Å². The van der Waals surface area contributed by atoms with Gasteiger partial charge in [0, 0.05) is 5.56 Å². The van der Waals surface area contributed by atoms with Crippen molar-refractivity contribution in [2.24, 2.45) is 0 Å². The predicted molar refractivity (Wildman–Crippen MR) is 66.2 cm³/mol. The summed E-state index contributed by atoms with van der Waals surface area (Å²) in [4.78, 5) is 17.7. The third-order valence-corrected chi connectivity index (χ3v) is 2.47. The van der Waals surface area contributed by atoms with Crippen LogP contribution in [-0.4, -0.2) is 16.6 Å². The molecule has 0 atom stereocenters. The lowest BCUT2D eigenvalue weighted by Gasteiger charge is -2.05. The second-order valence-electron chi connectivity index (χ2n) is 3.77. The van der Waals surface area contributed by atoms with E-state index in [1.54, 1.807) is 24.3 Å². The first kappa shape index (κ1) is 12.3. The van der Waals surface area contributed by atoms with Gasteiger partial charge in [-0.05, 0) is 38.1 Å². The van der Waals surface area contributed by atoms with Gasteiger partial charge in [-0.3, -0.25) is 4.79 Å². The van der Waals surface area contributed by atoms with E-state index in [1.807, 2.05) is 6.92 Å². The van der Waals surface area contributed by atoms with E-state index in [-0.39, 0.29) is 5.69 Å². The molecule has 2 rings (SSSR count). The molecule has 0 aliphatic heterocycles. The summed E-state index contributed by atoms with van der Waals surface area (Å²) in [5.41, 5.74) is 0.0349. The number of rotatable bonds is 3. The fraction of sp³-hybridized carbons (Fsp3) is 0.231. The van der Waals surface area contributed by atoms with Crippen LogP contribution in [0.2, 0.25) is 0 Å². The van der Waals surface area contributed by atoms with Crippen LogP contribution in [0, 0.1) is 12.7 Å². The molecule has 0 saturated heterocycles. The summed E-state index contributed by atoms with van der Waals surface area (Å²) in [5.74, 6) is 0.245. The van der Waals surface area contributed by atoms with Gasteiger partial charge in [-0.2, -0.15) is 4.39 Å². The minimum Gasteiger partial charge on any atom is -0.494 e. The number of halogens is 1. The van der Waals surface area contributed by atoms with Crippen molar-refractivity contribution in [1.82, 2.24) is 9.97 Å². The molecule has 1 N–H and O–H groups in total. The number of hydrogen-bond acceptors (Lipinski definition) is 3. The Hall–Kier alpha value is -2.17. The molecule has 0 aliphatic carbocycles. The largest absolute Gasteiger partial charge is 0.494 e. The number of nitrogens with zero attached hydrogens (tertiary/aromatic N) is 1. The topological polar surface area (TPSA) is 55.0 Å². The monoisotopic (exact) mass is 248 g/mol. The molecule has 0 radical (unpaired) electrons. The van der Waals surface area contributed by atoms with E-state index in [4.69, 9.17) is 4.74 Å². The highest BCUT2D eigenvalue weighted by atomic mass is 19.1. The second-order valence-corrected chi connectivity index (χ2v) is 3.77. The Balaban J connectivity index is 2.40. The molecule has 0 amide bonds. The zero-order valence-corrected chi connectivity index (χ0v) is 10.2. The molecule has 5 heteroatoms. The standard InChI is InChI=1S/C13H13FN2O2/c1-3-18-10-6-4-9(5-7-10)12-15-8(2)11(14)13(17)16-12/h4-7H,3H2,1-2H3,(H,15,16,17). The lowest BCUT2D eigenvalue weighted by atomic mass is 10.2. The molecule has 1 aromatic heterocycles. The predicted octanol–water partition coefficient (Wildman–Crippen LogP) is 2.28. The molecule has 18 heavy (non-hydrogen) atoms. The maximum absolute atomic E-state index is 13.2. The van der Waals surface area contributed by atoms with Crippen LogP contribution >= 0.6 is 0 Å². The van der Waals surface area contributed by atoms with E-state index in [9.17, 15) is 9.18 Å². The highest BCUT2D eigenvalue weighted by molar-refractivity contribution is 5.56. The van der Waals surface area contributed by atoms with Gasteiger partial charge in [-0.25, -0.2) is 4.98 Å². The molecule has 0 fully saturated rings. The van der Waals surface area contributed by atoms with Gasteiger partial charge in [0.25, 0.3) is 5.56 Å². The quantitative estimate of drug-likeness (QED) is 0.906. The maximum Gasteiger partial charge on any atom is 0.287 e. The summed E-state index contributed by atoms with van der Waals surface area (Å²) in [7, 11) is 0. The Morgan fingerprint density at radius 3 is 2.56 bits per heavy atom. The first-order chi connectivity index (χ1) is 8.61. The van der Waals surface area contributed by atoms with Gasteiger partial charge < -0.3 is 9.72 Å². The van der Waals surface area contributed by atoms with Crippen molar-refractivity contribution in [2.75, 3.05) is 6.61 Å². The van der Waals surface area contributed by atoms with Crippen LogP contribution in [0.25, 0.3) is 11.4 Å². The van der Waals surface area contributed by atoms with Gasteiger partial charge >= 0.3 is 0 Å². The number of nitrogens with one attached hydrogen (secondary N) is 1. The number of aromatic nitrogens is 2. The number of aromatic amines is 1. The minimum atomic E-state index is -0.843. The van der Waals surface area contributed by atoms with Crippen LogP contribution in [0.4, 0.5) is 4.39 Å². The molecule has 0 spiro atoms. The van der Waals surface area contributed by atoms with Crippen molar-refractivity contribution >= 4 is 0 Å². The Morgan fingerprint density at radius 2 is 2.00 bits per heavy atom. The van der Waals surface area contributed by atoms with Crippen molar-refractivity contribution in [3.8, 4) is 17.1 Å². The second kappa shape index (κ2) is 5.00. The molecule has 94 valence electrons. The van der Waals surface area contributed by atoms with Gasteiger partial charge in [0.15, 0.2) is 0 Å². The smallest absolute Gasteiger partial charge is 0.287 e. The minimum absolute atomic E-state index is 0.0858. The lowest BCUT2D eigenvalue weighted by Crippen LogP contribution is -2.15. The Labute approximate surface area is 103 Å². The fourth-order valence-electron chi connectivity index (χ4n) is 1.58. The number of ether oxygens (including phenoxy) is 1. The van der Waals surface area contributed by atoms with E-state index in [2.05, 4.69) is 9.97 Å². The average Bonchev–Trinajstić information content (AvgIpc) is 2.37. The van der Waals surface area contributed by atoms with Crippen molar-refractivity contribution in [1.29, 1.82) is 0 Å². The zero-order chi connectivity index (χ0) is 13.1. The molecular weight excluding hydrogens is 235 g/mol. The van der Waals surface area contributed by atoms with Crippen LogP contribution < -0.4 is 10.3 Å². The summed E-state index contributed by atoms with van der Waals surface area (Å²) in [6.07, 6.45) is 0. The highest BCUT2D eigenvalue weighted by Crippen LogP contribution is 2.19. The van der Waals surface area contributed by atoms with Crippen molar-refractivity contribution in [2.45, 2.75) is 13.8 Å². The van der Waals surface area contributed by atoms with Gasteiger partial charge in [-0.1, -0.05) is 0 Å². The molecule has 0 aliphatic rings. The zero-order valence-electron chi connectivity index (χ0n) is 10.2. The molecule has 1 heterocycles. The maximum atomic E-state index is 13.2. The van der Waals surface area contributed by atoms with Gasteiger partial charge in [0.2, 0.25) is 5.82 Å². The molecule has 2 aromatic rings. The van der Waals surface area contributed by atoms with Gasteiger partial charge in [-0.15, -0.1) is 0 Å². The number of hydrogen-bond donors (Lipinski definition) is 1. The molecule has 0 unspecified atom stereocenters. The average molecular weight is 248 g/mol. The number of H-pyrrole nitrogens is 1. The summed E-state index contributed by atoms with van der Waals surface area (Å²) in [6, 6.07) is 7.08. The Morgan fingerprint density at radius 1 is 1.33 bits per heavy atom. The van der Waals surface area contributed by atoms with Gasteiger partial charge in [0.05, 0.1) is 12.3 Å². The van der Waals surface area contributed by atoms with Crippen molar-refractivity contribution < 1.29 is 9.13 Å². The van der Waals surface area contributed by atoms with Crippen LogP contribution in [0.15, 0.2) is 29.1 Å². The van der Waals surface area contributed by atoms with E-state index >= 15 is 0 Å². The third kappa shape index (κ3) is 2.40. The number of aryl methyl sites for hydroxylation is 1. The SMILES string of the molecule is CCOc1ccc(-c2nc(C)c(F)c(=O)[nH]2)cc1. The van der Waals surface area contributed by atoms with Crippen molar-refractivity contribution in [3.05, 3.63) is 46.1 Å². The first-order valence-electron chi connectivity index (χ1n) is 5.61. The van der Waals surface area contributed by atoms with E-state index in [0.29, 0.717) is 18.0 Å². The van der Waals surface area contributed by atoms with E-state index in [0.717, 1.165) is 5.75 Å². The van der Waals surface area contributed by atoms with Gasteiger partial charge in [0.1, 0.15) is 11.6 Å². The third-order valence-electron chi connectivity index (χ3n) is 2.47. The normalized spacial score (nSPS) is 10.4. The molecule has 4 nitrogen and oxygen atoms in total. The molecule has 1 aromatic carbocycles. The Kier molecular flexibility index (Phi) is 3.41. The van der Waals surface area contributed by atoms with Crippen molar-refractivity contribution in [3.63, 3.8) is 0 Å². The molecule has 0 bridgehead atoms. The lowest BCUT2D eigenvalue weighted by molar-refractivity contribution is 0.340. The summed E-state index contributed by atoms with van der Waals surface area (Å²) in [6.45, 7) is 3.95. The van der Waals surface area contributed by atoms with Crippen LogP contribution in [0.3, 0.4) is 0 Å². The summed E-state index contributed by atoms with van der Waals surface area (Å²) in [5, 5.41) is 0. The highest BCUT2D eigenvalue weighted by Gasteiger charge is 2.08. The van der Waals surface area contributed by atoms with Crippen LogP contribution in [-0.2, 0) is 0 Å². The molecule has 0 saturated carbocycles. The fourth-order valence-corrected chi connectivity index (χ4v) is 1.58. The summed E-state index contributed by atoms with van der Waals surface area (Å²) < 4.78 is 18.5. The van der Waals surface area contributed by atoms with E-state index < -0.39 is 11.4 Å². The van der Waals surface area contributed by atoms with Crippen LogP contribution in [0.5, 0.6) is 5.75 Å². The molecular formula is C13H13FN2O2. The number of benzene rings is 1.